The molecule has 0 aromatic rings. The van der Waals surface area contributed by atoms with Crippen LogP contribution in [0.3, 0.4) is 0 Å². The van der Waals surface area contributed by atoms with Crippen molar-refractivity contribution >= 4 is 0 Å². The second kappa shape index (κ2) is 8.55. The minimum atomic E-state index is -7.00. The van der Waals surface area contributed by atoms with E-state index in [4.69, 9.17) is 0 Å². The van der Waals surface area contributed by atoms with Gasteiger partial charge in [-0.1, -0.05) is 0 Å². The van der Waals surface area contributed by atoms with Crippen LogP contribution in [0.25, 0.3) is 0 Å². The maximum atomic E-state index is 13.1. The molecule has 0 bridgehead atoms. The van der Waals surface area contributed by atoms with E-state index in [-0.39, 0.29) is 14.2 Å². The fourth-order valence-electron chi connectivity index (χ4n) is 1.31. The standard InChI is InChI=1S/C12H6F16O3/c1-29-11(25,26)9(21,22)7(17,18)3(13)5(15)31-6(16)4(14)8(19,20)10(23,24)12(27,28)30-2/h1-2H3. The summed E-state index contributed by atoms with van der Waals surface area (Å²) in [6, 6.07) is -8.30. The first kappa shape index (κ1) is 29.1. The highest BCUT2D eigenvalue weighted by Crippen LogP contribution is 2.52. The first-order valence-corrected chi connectivity index (χ1v) is 6.66. The first-order chi connectivity index (χ1) is 13.5. The van der Waals surface area contributed by atoms with Crippen LogP contribution in [-0.2, 0) is 14.2 Å². The molecule has 0 aliphatic rings. The molecule has 0 amide bonds. The van der Waals surface area contributed by atoms with E-state index >= 15 is 0 Å². The Labute approximate surface area is 159 Å². The van der Waals surface area contributed by atoms with Gasteiger partial charge in [-0.15, -0.1) is 0 Å². The molecule has 0 fully saturated rings. The Balaban J connectivity index is 6.29. The lowest BCUT2D eigenvalue weighted by Gasteiger charge is -2.30. The van der Waals surface area contributed by atoms with Crippen LogP contribution in [0.4, 0.5) is 70.2 Å². The number of ether oxygens (including phenoxy) is 3. The smallest absolute Gasteiger partial charge is 0.400 e. The van der Waals surface area contributed by atoms with Gasteiger partial charge in [0.2, 0.25) is 11.7 Å². The lowest BCUT2D eigenvalue weighted by atomic mass is 10.1. The van der Waals surface area contributed by atoms with Crippen molar-refractivity contribution in [3.63, 3.8) is 0 Å². The molecular formula is C12H6F16O3. The highest BCUT2D eigenvalue weighted by atomic mass is 19.4. The van der Waals surface area contributed by atoms with Gasteiger partial charge in [0.15, 0.2) is 0 Å². The van der Waals surface area contributed by atoms with Crippen LogP contribution >= 0.6 is 0 Å². The summed E-state index contributed by atoms with van der Waals surface area (Å²) in [6.07, 6.45) is -12.5. The van der Waals surface area contributed by atoms with E-state index in [1.807, 2.05) is 0 Å². The molecule has 0 saturated heterocycles. The van der Waals surface area contributed by atoms with E-state index in [0.29, 0.717) is 0 Å². The molecule has 0 rings (SSSR count). The van der Waals surface area contributed by atoms with Crippen molar-refractivity contribution in [1.82, 2.24) is 0 Å². The molecule has 0 unspecified atom stereocenters. The summed E-state index contributed by atoms with van der Waals surface area (Å²) in [5, 5.41) is 0. The van der Waals surface area contributed by atoms with Crippen LogP contribution in [0.15, 0.2) is 23.7 Å². The SMILES string of the molecule is COC(F)(F)C(F)(F)C(F)(F)C(F)=C(F)OC(F)=C(F)C(F)(F)C(F)(F)C(F)(F)OC. The average molecular weight is 502 g/mol. The molecule has 31 heavy (non-hydrogen) atoms. The summed E-state index contributed by atoms with van der Waals surface area (Å²) in [4.78, 5) is 0. The van der Waals surface area contributed by atoms with Gasteiger partial charge in [-0.2, -0.15) is 70.2 Å². The molecule has 0 aromatic heterocycles. The maximum absolute atomic E-state index is 13.1. The molecule has 184 valence electrons. The van der Waals surface area contributed by atoms with E-state index in [9.17, 15) is 70.2 Å². The Kier molecular flexibility index (Phi) is 8.02. The van der Waals surface area contributed by atoms with E-state index in [1.54, 1.807) is 0 Å². The molecule has 0 aliphatic heterocycles. The van der Waals surface area contributed by atoms with E-state index in [2.05, 4.69) is 14.2 Å². The molecule has 0 atom stereocenters. The number of allylic oxidation sites excluding steroid dienone is 2. The fraction of sp³-hybridized carbons (Fsp3) is 0.667. The average Bonchev–Trinajstić information content (AvgIpc) is 2.65. The van der Waals surface area contributed by atoms with Crippen LogP contribution < -0.4 is 0 Å². The number of alkyl halides is 12. The minimum absolute atomic E-state index is 0.311. The van der Waals surface area contributed by atoms with Gasteiger partial charge in [0, 0.05) is 14.2 Å². The predicted octanol–water partition coefficient (Wildman–Crippen LogP) is 6.24. The van der Waals surface area contributed by atoms with Crippen molar-refractivity contribution in [1.29, 1.82) is 0 Å². The topological polar surface area (TPSA) is 27.7 Å². The highest BCUT2D eigenvalue weighted by molar-refractivity contribution is 5.17. The molecular weight excluding hydrogens is 496 g/mol. The zero-order valence-electron chi connectivity index (χ0n) is 14.3. The molecule has 0 N–H and O–H groups in total. The summed E-state index contributed by atoms with van der Waals surface area (Å²) in [6.45, 7) is 0. The predicted molar refractivity (Wildman–Crippen MR) is 63.3 cm³/mol. The molecule has 19 heteroatoms. The Hall–Kier alpha value is -1.92. The highest BCUT2D eigenvalue weighted by Gasteiger charge is 2.77. The number of rotatable bonds is 10. The monoisotopic (exact) mass is 502 g/mol. The van der Waals surface area contributed by atoms with E-state index < -0.39 is 59.6 Å². The van der Waals surface area contributed by atoms with Gasteiger partial charge >= 0.3 is 47.9 Å². The van der Waals surface area contributed by atoms with Crippen LogP contribution in [-0.4, -0.2) is 50.1 Å². The molecule has 0 aliphatic carbocycles. The van der Waals surface area contributed by atoms with E-state index in [0.717, 1.165) is 0 Å². The van der Waals surface area contributed by atoms with Crippen molar-refractivity contribution in [2.45, 2.75) is 35.9 Å². The van der Waals surface area contributed by atoms with Gasteiger partial charge in [0.1, 0.15) is 0 Å². The molecule has 3 nitrogen and oxygen atoms in total. The van der Waals surface area contributed by atoms with Gasteiger partial charge in [0.25, 0.3) is 0 Å². The Morgan fingerprint density at radius 2 is 0.710 bits per heavy atom. The quantitative estimate of drug-likeness (QED) is 0.262. The van der Waals surface area contributed by atoms with Gasteiger partial charge in [0.05, 0.1) is 0 Å². The lowest BCUT2D eigenvalue weighted by molar-refractivity contribution is -0.387. The summed E-state index contributed by atoms with van der Waals surface area (Å²) in [5.41, 5.74) is 0. The zero-order valence-corrected chi connectivity index (χ0v) is 14.3. The van der Waals surface area contributed by atoms with Gasteiger partial charge in [-0.3, -0.25) is 0 Å². The van der Waals surface area contributed by atoms with Gasteiger partial charge in [-0.25, -0.2) is 0 Å². The molecule has 0 radical (unpaired) electrons. The first-order valence-electron chi connectivity index (χ1n) is 6.66. The Morgan fingerprint density at radius 1 is 0.484 bits per heavy atom. The maximum Gasteiger partial charge on any atom is 0.426 e. The number of methoxy groups -OCH3 is 2. The third kappa shape index (κ3) is 4.65. The third-order valence-corrected chi connectivity index (χ3v) is 3.11. The third-order valence-electron chi connectivity index (χ3n) is 3.11. The molecule has 0 heterocycles. The normalized spacial score (nSPS) is 16.7. The summed E-state index contributed by atoms with van der Waals surface area (Å²) >= 11 is 0. The van der Waals surface area contributed by atoms with Crippen LogP contribution in [0.5, 0.6) is 0 Å². The number of hydrogen-bond donors (Lipinski definition) is 0. The molecule has 0 saturated carbocycles. The van der Waals surface area contributed by atoms with Crippen molar-refractivity contribution in [2.75, 3.05) is 14.2 Å². The lowest BCUT2D eigenvalue weighted by Crippen LogP contribution is -2.55. The second-order valence-electron chi connectivity index (χ2n) is 5.02. The van der Waals surface area contributed by atoms with Crippen LogP contribution in [0.1, 0.15) is 0 Å². The molecule has 0 aromatic carbocycles. The Bertz CT molecular complexity index is 665. The van der Waals surface area contributed by atoms with E-state index in [1.165, 1.54) is 0 Å². The largest absolute Gasteiger partial charge is 0.426 e. The van der Waals surface area contributed by atoms with Crippen LogP contribution in [0.2, 0.25) is 0 Å². The van der Waals surface area contributed by atoms with Crippen LogP contribution in [0, 0.1) is 0 Å². The van der Waals surface area contributed by atoms with Crippen molar-refractivity contribution in [3.05, 3.63) is 23.7 Å². The number of halogens is 16. The summed E-state index contributed by atoms with van der Waals surface area (Å²) < 4.78 is 215. The summed E-state index contributed by atoms with van der Waals surface area (Å²) in [7, 11) is -0.622. The minimum Gasteiger partial charge on any atom is -0.400 e. The van der Waals surface area contributed by atoms with Gasteiger partial charge in [-0.05, 0) is 0 Å². The van der Waals surface area contributed by atoms with Gasteiger partial charge < -0.3 is 14.2 Å². The second-order valence-corrected chi connectivity index (χ2v) is 5.02. The number of hydrogen-bond acceptors (Lipinski definition) is 3. The zero-order chi connectivity index (χ0) is 25.4. The molecule has 0 spiro atoms. The van der Waals surface area contributed by atoms with Crippen molar-refractivity contribution < 1.29 is 84.5 Å². The van der Waals surface area contributed by atoms with Crippen molar-refractivity contribution in [2.24, 2.45) is 0 Å². The summed E-state index contributed by atoms with van der Waals surface area (Å²) in [5.74, 6) is -36.9. The fourth-order valence-corrected chi connectivity index (χ4v) is 1.31. The van der Waals surface area contributed by atoms with Crippen molar-refractivity contribution in [3.8, 4) is 0 Å². The Morgan fingerprint density at radius 3 is 0.903 bits per heavy atom.